The Morgan fingerprint density at radius 1 is 1.36 bits per heavy atom. The molecule has 3 N–H and O–H groups in total. The summed E-state index contributed by atoms with van der Waals surface area (Å²) in [5.74, 6) is 0.736. The van der Waals surface area contributed by atoms with Crippen LogP contribution in [0.25, 0.3) is 11.0 Å². The molecule has 0 spiro atoms. The molecule has 1 heterocycles. The molecule has 2 aromatic rings. The zero-order valence-electron chi connectivity index (χ0n) is 7.81. The second kappa shape index (κ2) is 3.82. The fourth-order valence-corrected chi connectivity index (χ4v) is 1.47. The zero-order chi connectivity index (χ0) is 9.97. The lowest BCUT2D eigenvalue weighted by Gasteiger charge is -2.04. The third kappa shape index (κ3) is 1.64. The number of nitrogens with two attached hydrogens (primary N) is 1. The summed E-state index contributed by atoms with van der Waals surface area (Å²) in [6.07, 6.45) is 0.528. The van der Waals surface area contributed by atoms with Gasteiger partial charge in [0.05, 0.1) is 6.04 Å². The first-order valence-corrected chi connectivity index (χ1v) is 4.66. The average molecular weight is 191 g/mol. The minimum atomic E-state index is -0.215. The Balaban J connectivity index is 2.35. The summed E-state index contributed by atoms with van der Waals surface area (Å²) in [4.78, 5) is 0. The van der Waals surface area contributed by atoms with Crippen LogP contribution in [-0.2, 0) is 0 Å². The molecule has 0 unspecified atom stereocenters. The predicted octanol–water partition coefficient (Wildman–Crippen LogP) is 1.81. The molecule has 0 aliphatic carbocycles. The van der Waals surface area contributed by atoms with E-state index in [0.29, 0.717) is 6.42 Å². The summed E-state index contributed by atoms with van der Waals surface area (Å²) in [7, 11) is 0. The van der Waals surface area contributed by atoms with E-state index in [2.05, 4.69) is 0 Å². The Labute approximate surface area is 82.1 Å². The maximum Gasteiger partial charge on any atom is 0.134 e. The normalized spacial score (nSPS) is 13.3. The van der Waals surface area contributed by atoms with Gasteiger partial charge in [-0.3, -0.25) is 0 Å². The van der Waals surface area contributed by atoms with Gasteiger partial charge in [0.25, 0.3) is 0 Å². The van der Waals surface area contributed by atoms with Crippen molar-refractivity contribution in [1.82, 2.24) is 0 Å². The van der Waals surface area contributed by atoms with Gasteiger partial charge in [0.1, 0.15) is 11.3 Å². The average Bonchev–Trinajstić information content (AvgIpc) is 2.61. The first-order chi connectivity index (χ1) is 6.81. The molecule has 2 rings (SSSR count). The van der Waals surface area contributed by atoms with Crippen molar-refractivity contribution < 1.29 is 9.52 Å². The van der Waals surface area contributed by atoms with Gasteiger partial charge in [0, 0.05) is 12.0 Å². The highest BCUT2D eigenvalue weighted by atomic mass is 16.3. The number of benzene rings is 1. The van der Waals surface area contributed by atoms with Crippen LogP contribution in [0.15, 0.2) is 34.7 Å². The Morgan fingerprint density at radius 3 is 2.86 bits per heavy atom. The molecule has 0 aliphatic rings. The fourth-order valence-electron chi connectivity index (χ4n) is 1.47. The van der Waals surface area contributed by atoms with Crippen LogP contribution in [-0.4, -0.2) is 11.7 Å². The van der Waals surface area contributed by atoms with Crippen LogP contribution in [0, 0.1) is 0 Å². The van der Waals surface area contributed by atoms with Crippen molar-refractivity contribution in [1.29, 1.82) is 0 Å². The second-order valence-electron chi connectivity index (χ2n) is 3.31. The van der Waals surface area contributed by atoms with Crippen molar-refractivity contribution in [3.8, 4) is 0 Å². The fraction of sp³-hybridized carbons (Fsp3) is 0.273. The number of furan rings is 1. The highest BCUT2D eigenvalue weighted by Crippen LogP contribution is 2.23. The largest absolute Gasteiger partial charge is 0.459 e. The van der Waals surface area contributed by atoms with Crippen LogP contribution >= 0.6 is 0 Å². The van der Waals surface area contributed by atoms with E-state index in [-0.39, 0.29) is 12.6 Å². The van der Waals surface area contributed by atoms with E-state index >= 15 is 0 Å². The van der Waals surface area contributed by atoms with Gasteiger partial charge in [-0.2, -0.15) is 0 Å². The predicted molar refractivity (Wildman–Crippen MR) is 54.8 cm³/mol. The maximum absolute atomic E-state index is 8.75. The number of aliphatic hydroxyl groups is 1. The van der Waals surface area contributed by atoms with Crippen LogP contribution in [0.1, 0.15) is 18.2 Å². The van der Waals surface area contributed by atoms with Gasteiger partial charge in [-0.05, 0) is 18.6 Å². The Bertz CT molecular complexity index is 389. The topological polar surface area (TPSA) is 59.4 Å². The summed E-state index contributed by atoms with van der Waals surface area (Å²) in [6, 6.07) is 9.48. The smallest absolute Gasteiger partial charge is 0.134 e. The van der Waals surface area contributed by atoms with Crippen LogP contribution in [0.2, 0.25) is 0 Å². The molecule has 3 heteroatoms. The van der Waals surface area contributed by atoms with Crippen molar-refractivity contribution in [2.45, 2.75) is 12.5 Å². The van der Waals surface area contributed by atoms with Gasteiger partial charge < -0.3 is 15.3 Å². The number of hydrogen-bond acceptors (Lipinski definition) is 3. The minimum absolute atomic E-state index is 0.0816. The number of fused-ring (bicyclic) bond motifs is 1. The van der Waals surface area contributed by atoms with Gasteiger partial charge in [-0.15, -0.1) is 0 Å². The molecular formula is C11H13NO2. The monoisotopic (exact) mass is 191 g/mol. The van der Waals surface area contributed by atoms with Crippen LogP contribution in [0.5, 0.6) is 0 Å². The van der Waals surface area contributed by atoms with Gasteiger partial charge in [0.15, 0.2) is 0 Å². The van der Waals surface area contributed by atoms with Crippen molar-refractivity contribution >= 4 is 11.0 Å². The minimum Gasteiger partial charge on any atom is -0.459 e. The third-order valence-corrected chi connectivity index (χ3v) is 2.25. The highest BCUT2D eigenvalue weighted by molar-refractivity contribution is 5.77. The number of rotatable bonds is 3. The summed E-state index contributed by atoms with van der Waals surface area (Å²) in [5, 5.41) is 9.80. The molecular weight excluding hydrogens is 178 g/mol. The standard InChI is InChI=1S/C11H13NO2/c12-9(5-6-13)11-7-8-3-1-2-4-10(8)14-11/h1-4,7,9,13H,5-6,12H2/t9-/m0/s1. The molecule has 0 saturated carbocycles. The molecule has 14 heavy (non-hydrogen) atoms. The van der Waals surface area contributed by atoms with Crippen LogP contribution < -0.4 is 5.73 Å². The van der Waals surface area contributed by atoms with E-state index < -0.39 is 0 Å². The number of aliphatic hydroxyl groups excluding tert-OH is 1. The summed E-state index contributed by atoms with van der Waals surface area (Å²) >= 11 is 0. The lowest BCUT2D eigenvalue weighted by Crippen LogP contribution is -2.10. The molecule has 0 aliphatic heterocycles. The van der Waals surface area contributed by atoms with Crippen molar-refractivity contribution in [2.24, 2.45) is 5.73 Å². The van der Waals surface area contributed by atoms with E-state index in [4.69, 9.17) is 15.3 Å². The van der Waals surface area contributed by atoms with E-state index in [0.717, 1.165) is 16.7 Å². The molecule has 1 aromatic carbocycles. The second-order valence-corrected chi connectivity index (χ2v) is 3.31. The van der Waals surface area contributed by atoms with E-state index in [1.807, 2.05) is 30.3 Å². The maximum atomic E-state index is 8.75. The molecule has 0 amide bonds. The first-order valence-electron chi connectivity index (χ1n) is 4.66. The van der Waals surface area contributed by atoms with Crippen molar-refractivity contribution in [3.63, 3.8) is 0 Å². The molecule has 0 fully saturated rings. The first kappa shape index (κ1) is 9.24. The summed E-state index contributed by atoms with van der Waals surface area (Å²) < 4.78 is 5.55. The lowest BCUT2D eigenvalue weighted by atomic mass is 10.1. The third-order valence-electron chi connectivity index (χ3n) is 2.25. The molecule has 1 aromatic heterocycles. The molecule has 0 bridgehead atoms. The summed E-state index contributed by atoms with van der Waals surface area (Å²) in [5.41, 5.74) is 6.66. The molecule has 1 atom stereocenters. The quantitative estimate of drug-likeness (QED) is 0.777. The van der Waals surface area contributed by atoms with Crippen LogP contribution in [0.3, 0.4) is 0 Å². The zero-order valence-corrected chi connectivity index (χ0v) is 7.81. The Kier molecular flexibility index (Phi) is 2.52. The molecule has 74 valence electrons. The number of hydrogen-bond donors (Lipinski definition) is 2. The van der Waals surface area contributed by atoms with Gasteiger partial charge in [-0.25, -0.2) is 0 Å². The van der Waals surface area contributed by atoms with Crippen LogP contribution in [0.4, 0.5) is 0 Å². The van der Waals surface area contributed by atoms with E-state index in [9.17, 15) is 0 Å². The van der Waals surface area contributed by atoms with Gasteiger partial charge in [-0.1, -0.05) is 18.2 Å². The SMILES string of the molecule is N[C@@H](CCO)c1cc2ccccc2o1. The Hall–Kier alpha value is -1.32. The highest BCUT2D eigenvalue weighted by Gasteiger charge is 2.10. The van der Waals surface area contributed by atoms with Gasteiger partial charge >= 0.3 is 0 Å². The lowest BCUT2D eigenvalue weighted by molar-refractivity contribution is 0.270. The molecule has 3 nitrogen and oxygen atoms in total. The molecule has 0 radical (unpaired) electrons. The van der Waals surface area contributed by atoms with Crippen molar-refractivity contribution in [3.05, 3.63) is 36.1 Å². The summed E-state index contributed by atoms with van der Waals surface area (Å²) in [6.45, 7) is 0.0816. The Morgan fingerprint density at radius 2 is 2.14 bits per heavy atom. The molecule has 0 saturated heterocycles. The number of para-hydroxylation sites is 1. The van der Waals surface area contributed by atoms with Crippen molar-refractivity contribution in [2.75, 3.05) is 6.61 Å². The van der Waals surface area contributed by atoms with E-state index in [1.165, 1.54) is 0 Å². The van der Waals surface area contributed by atoms with E-state index in [1.54, 1.807) is 0 Å². The van der Waals surface area contributed by atoms with Gasteiger partial charge in [0.2, 0.25) is 0 Å².